The second-order valence-corrected chi connectivity index (χ2v) is 4.37. The molecule has 2 rings (SSSR count). The summed E-state index contributed by atoms with van der Waals surface area (Å²) < 4.78 is 10.5. The lowest BCUT2D eigenvalue weighted by Crippen LogP contribution is -2.00. The molecule has 0 aliphatic carbocycles. The first kappa shape index (κ1) is 14.7. The van der Waals surface area contributed by atoms with Crippen LogP contribution < -0.4 is 15.2 Å². The molecule has 0 amide bonds. The summed E-state index contributed by atoms with van der Waals surface area (Å²) in [7, 11) is 3.13. The maximum absolute atomic E-state index is 12.2. The largest absolute Gasteiger partial charge is 0.493 e. The molecule has 2 aromatic carbocycles. The van der Waals surface area contributed by atoms with Gasteiger partial charge in [-0.2, -0.15) is 0 Å². The number of nitrogen functional groups attached to an aromatic ring is 1. The fourth-order valence-corrected chi connectivity index (χ4v) is 2.02. The quantitative estimate of drug-likeness (QED) is 0.520. The van der Waals surface area contributed by atoms with E-state index < -0.39 is 0 Å². The Morgan fingerprint density at radius 3 is 2.48 bits per heavy atom. The molecule has 0 spiro atoms. The van der Waals surface area contributed by atoms with Crippen LogP contribution in [0.25, 0.3) is 6.08 Å². The zero-order valence-electron chi connectivity index (χ0n) is 12.0. The van der Waals surface area contributed by atoms with Crippen molar-refractivity contribution < 1.29 is 14.3 Å². The Balaban J connectivity index is 2.30. The van der Waals surface area contributed by atoms with E-state index in [-0.39, 0.29) is 5.78 Å². The predicted octanol–water partition coefficient (Wildman–Crippen LogP) is 3.18. The van der Waals surface area contributed by atoms with E-state index in [0.717, 1.165) is 5.56 Å². The minimum Gasteiger partial charge on any atom is -0.493 e. The lowest BCUT2D eigenvalue weighted by molar-refractivity contribution is 0.104. The highest BCUT2D eigenvalue weighted by atomic mass is 16.5. The Bertz CT molecular complexity index is 677. The summed E-state index contributed by atoms with van der Waals surface area (Å²) in [6, 6.07) is 12.5. The molecule has 0 aliphatic rings. The van der Waals surface area contributed by atoms with Crippen molar-refractivity contribution in [3.05, 3.63) is 59.7 Å². The molecule has 0 aliphatic heterocycles. The van der Waals surface area contributed by atoms with Crippen molar-refractivity contribution in [3.8, 4) is 11.5 Å². The van der Waals surface area contributed by atoms with Crippen LogP contribution in [0.4, 0.5) is 5.69 Å². The standard InChI is InChI=1S/C17H17NO3/c1-20-16-9-5-6-12(17(16)21-2)10-11-15(19)13-7-3-4-8-14(13)18/h3-11H,18H2,1-2H3/b11-10+. The highest BCUT2D eigenvalue weighted by Gasteiger charge is 2.09. The molecule has 4 heteroatoms. The van der Waals surface area contributed by atoms with Crippen LogP contribution in [0.5, 0.6) is 11.5 Å². The molecule has 0 fully saturated rings. The van der Waals surface area contributed by atoms with Gasteiger partial charge in [-0.05, 0) is 30.4 Å². The number of benzene rings is 2. The van der Waals surface area contributed by atoms with Gasteiger partial charge in [0.15, 0.2) is 17.3 Å². The third-order valence-electron chi connectivity index (χ3n) is 3.07. The Hall–Kier alpha value is -2.75. The summed E-state index contributed by atoms with van der Waals surface area (Å²) in [5.74, 6) is 1.05. The van der Waals surface area contributed by atoms with Gasteiger partial charge in [-0.3, -0.25) is 4.79 Å². The summed E-state index contributed by atoms with van der Waals surface area (Å²) in [6.45, 7) is 0. The molecular formula is C17H17NO3. The van der Waals surface area contributed by atoms with E-state index >= 15 is 0 Å². The fraction of sp³-hybridized carbons (Fsp3) is 0.118. The normalized spacial score (nSPS) is 10.6. The molecule has 0 aromatic heterocycles. The number of rotatable bonds is 5. The third kappa shape index (κ3) is 3.23. The summed E-state index contributed by atoms with van der Waals surface area (Å²) >= 11 is 0. The minimum absolute atomic E-state index is 0.155. The predicted molar refractivity (Wildman–Crippen MR) is 83.8 cm³/mol. The van der Waals surface area contributed by atoms with E-state index in [9.17, 15) is 4.79 Å². The summed E-state index contributed by atoms with van der Waals surface area (Å²) in [4.78, 5) is 12.2. The van der Waals surface area contributed by atoms with Gasteiger partial charge in [0.2, 0.25) is 0 Å². The van der Waals surface area contributed by atoms with E-state index in [0.29, 0.717) is 22.7 Å². The molecule has 0 bridgehead atoms. The number of hydrogen-bond acceptors (Lipinski definition) is 4. The summed E-state index contributed by atoms with van der Waals surface area (Å²) in [5, 5.41) is 0. The first-order chi connectivity index (χ1) is 10.2. The van der Waals surface area contributed by atoms with Gasteiger partial charge in [-0.15, -0.1) is 0 Å². The number of allylic oxidation sites excluding steroid dienone is 1. The Kier molecular flexibility index (Phi) is 4.61. The number of para-hydroxylation sites is 2. The SMILES string of the molecule is COc1cccc(/C=C/C(=O)c2ccccc2N)c1OC. The van der Waals surface area contributed by atoms with Crippen LogP contribution in [-0.2, 0) is 0 Å². The average molecular weight is 283 g/mol. The van der Waals surface area contributed by atoms with Crippen molar-refractivity contribution in [3.63, 3.8) is 0 Å². The first-order valence-corrected chi connectivity index (χ1v) is 6.45. The number of ether oxygens (including phenoxy) is 2. The van der Waals surface area contributed by atoms with Gasteiger partial charge in [0.05, 0.1) is 14.2 Å². The van der Waals surface area contributed by atoms with E-state index in [1.54, 1.807) is 50.6 Å². The maximum Gasteiger partial charge on any atom is 0.187 e. The van der Waals surface area contributed by atoms with Crippen LogP contribution in [-0.4, -0.2) is 20.0 Å². The lowest BCUT2D eigenvalue weighted by Gasteiger charge is -2.09. The molecule has 0 atom stereocenters. The maximum atomic E-state index is 12.2. The number of hydrogen-bond donors (Lipinski definition) is 1. The third-order valence-corrected chi connectivity index (χ3v) is 3.07. The molecule has 108 valence electrons. The molecule has 21 heavy (non-hydrogen) atoms. The number of carbonyl (C=O) groups is 1. The van der Waals surface area contributed by atoms with Gasteiger partial charge in [-0.25, -0.2) is 0 Å². The molecule has 0 unspecified atom stereocenters. The van der Waals surface area contributed by atoms with Crippen LogP contribution in [0.15, 0.2) is 48.5 Å². The van der Waals surface area contributed by atoms with Gasteiger partial charge in [-0.1, -0.05) is 24.3 Å². The summed E-state index contributed by atoms with van der Waals surface area (Å²) in [6.07, 6.45) is 3.17. The highest BCUT2D eigenvalue weighted by Crippen LogP contribution is 2.31. The van der Waals surface area contributed by atoms with E-state index in [2.05, 4.69) is 0 Å². The van der Waals surface area contributed by atoms with E-state index in [1.807, 2.05) is 12.1 Å². The zero-order valence-corrected chi connectivity index (χ0v) is 12.0. The second kappa shape index (κ2) is 6.61. The van der Waals surface area contributed by atoms with Crippen LogP contribution in [0.1, 0.15) is 15.9 Å². The zero-order chi connectivity index (χ0) is 15.2. The highest BCUT2D eigenvalue weighted by molar-refractivity contribution is 6.10. The van der Waals surface area contributed by atoms with E-state index in [1.165, 1.54) is 6.08 Å². The van der Waals surface area contributed by atoms with Crippen molar-refractivity contribution in [2.24, 2.45) is 0 Å². The van der Waals surface area contributed by atoms with Gasteiger partial charge < -0.3 is 15.2 Å². The van der Waals surface area contributed by atoms with Crippen LogP contribution in [0.2, 0.25) is 0 Å². The number of methoxy groups -OCH3 is 2. The molecule has 0 saturated carbocycles. The fourth-order valence-electron chi connectivity index (χ4n) is 2.02. The molecular weight excluding hydrogens is 266 g/mol. The molecule has 0 heterocycles. The van der Waals surface area contributed by atoms with Gasteiger partial charge >= 0.3 is 0 Å². The Morgan fingerprint density at radius 1 is 1.05 bits per heavy atom. The average Bonchev–Trinajstić information content (AvgIpc) is 2.52. The minimum atomic E-state index is -0.155. The van der Waals surface area contributed by atoms with Crippen molar-refractivity contribution in [1.82, 2.24) is 0 Å². The summed E-state index contributed by atoms with van der Waals surface area (Å²) in [5.41, 5.74) is 7.50. The molecule has 2 N–H and O–H groups in total. The first-order valence-electron chi connectivity index (χ1n) is 6.45. The van der Waals surface area contributed by atoms with Crippen LogP contribution in [0.3, 0.4) is 0 Å². The number of anilines is 1. The topological polar surface area (TPSA) is 61.5 Å². The van der Waals surface area contributed by atoms with Crippen molar-refractivity contribution in [2.75, 3.05) is 20.0 Å². The van der Waals surface area contributed by atoms with E-state index in [4.69, 9.17) is 15.2 Å². The van der Waals surface area contributed by atoms with Crippen LogP contribution in [0, 0.1) is 0 Å². The van der Waals surface area contributed by atoms with Gasteiger partial charge in [0.25, 0.3) is 0 Å². The lowest BCUT2D eigenvalue weighted by atomic mass is 10.1. The van der Waals surface area contributed by atoms with Crippen molar-refractivity contribution in [1.29, 1.82) is 0 Å². The smallest absolute Gasteiger partial charge is 0.187 e. The second-order valence-electron chi connectivity index (χ2n) is 4.37. The molecule has 2 aromatic rings. The molecule has 0 radical (unpaired) electrons. The van der Waals surface area contributed by atoms with Gasteiger partial charge in [0.1, 0.15) is 0 Å². The monoisotopic (exact) mass is 283 g/mol. The number of ketones is 1. The van der Waals surface area contributed by atoms with Crippen molar-refractivity contribution in [2.45, 2.75) is 0 Å². The Labute approximate surface area is 123 Å². The molecule has 0 saturated heterocycles. The van der Waals surface area contributed by atoms with Gasteiger partial charge in [0, 0.05) is 16.8 Å². The van der Waals surface area contributed by atoms with Crippen molar-refractivity contribution >= 4 is 17.5 Å². The number of carbonyl (C=O) groups excluding carboxylic acids is 1. The van der Waals surface area contributed by atoms with Crippen LogP contribution >= 0.6 is 0 Å². The Morgan fingerprint density at radius 2 is 1.81 bits per heavy atom. The molecule has 4 nitrogen and oxygen atoms in total. The number of nitrogens with two attached hydrogens (primary N) is 1.